The number of benzene rings is 1. The average molecular weight is 632 g/mol. The molecule has 3 aromatic rings. The average Bonchev–Trinajstić information content (AvgIpc) is 3.66. The summed E-state index contributed by atoms with van der Waals surface area (Å²) in [5.74, 6) is -0.564. The number of ether oxygens (including phenoxy) is 3. The van der Waals surface area contributed by atoms with Crippen molar-refractivity contribution < 1.29 is 28.6 Å². The molecule has 1 unspecified atom stereocenters. The van der Waals surface area contributed by atoms with E-state index in [4.69, 9.17) is 14.2 Å². The van der Waals surface area contributed by atoms with Gasteiger partial charge in [0.1, 0.15) is 0 Å². The quantitative estimate of drug-likeness (QED) is 0.241. The van der Waals surface area contributed by atoms with Crippen molar-refractivity contribution in [1.29, 1.82) is 0 Å². The number of amides is 2. The molecule has 1 aromatic carbocycles. The first-order valence-electron chi connectivity index (χ1n) is 12.9. The second-order valence-electron chi connectivity index (χ2n) is 9.83. The van der Waals surface area contributed by atoms with Crippen LogP contribution >= 0.6 is 27.3 Å². The van der Waals surface area contributed by atoms with Crippen LogP contribution in [0.4, 0.5) is 10.5 Å². The van der Waals surface area contributed by atoms with E-state index in [1.165, 1.54) is 24.5 Å². The molecule has 4 heterocycles. The maximum atomic E-state index is 13.5. The van der Waals surface area contributed by atoms with Crippen LogP contribution in [0.25, 0.3) is 17.0 Å². The molecule has 1 atom stereocenters. The molecule has 0 bridgehead atoms. The number of hydrogen-bond donors (Lipinski definition) is 1. The predicted octanol–water partition coefficient (Wildman–Crippen LogP) is 4.62. The Balaban J connectivity index is 1.59. The second-order valence-corrected chi connectivity index (χ2v) is 11.6. The number of piperazine rings is 1. The number of carbonyl (C=O) groups excluding carboxylic acids is 3. The van der Waals surface area contributed by atoms with Gasteiger partial charge in [0.15, 0.2) is 10.8 Å². The molecule has 40 heavy (non-hydrogen) atoms. The molecule has 1 fully saturated rings. The molecule has 0 radical (unpaired) electrons. The van der Waals surface area contributed by atoms with Crippen molar-refractivity contribution in [2.75, 3.05) is 64.2 Å². The Labute approximate surface area is 244 Å². The van der Waals surface area contributed by atoms with Crippen molar-refractivity contribution in [2.24, 2.45) is 0 Å². The molecular formula is C28H31BrN4O6S. The van der Waals surface area contributed by atoms with Gasteiger partial charge in [0.2, 0.25) is 0 Å². The third kappa shape index (κ3) is 5.23. The van der Waals surface area contributed by atoms with Crippen LogP contribution in [-0.4, -0.2) is 92.1 Å². The molecule has 0 spiro atoms. The number of nitrogens with one attached hydrogen (secondary N) is 1. The standard InChI is InChI=1S/C28H31BrN4O6S/c1-16-23(27(35)38-4)25-24-17(14-29)15-33(21(34)7-5-18-6-8-22(37-3)40-18)19(24)13-20(26(25)30-16)39-28(36)32-11-9-31(2)10-12-32/h5-8,13,17,30H,9-12,14-15H2,1-4H3/b7-5+. The molecule has 2 aromatic heterocycles. The Hall–Kier alpha value is -3.35. The van der Waals surface area contributed by atoms with Gasteiger partial charge in [-0.3, -0.25) is 4.79 Å². The van der Waals surface area contributed by atoms with Gasteiger partial charge < -0.3 is 33.9 Å². The summed E-state index contributed by atoms with van der Waals surface area (Å²) >= 11 is 5.04. The lowest BCUT2D eigenvalue weighted by Crippen LogP contribution is -2.48. The molecule has 0 aliphatic carbocycles. The third-order valence-electron chi connectivity index (χ3n) is 7.34. The van der Waals surface area contributed by atoms with E-state index in [1.54, 1.807) is 36.0 Å². The van der Waals surface area contributed by atoms with Crippen molar-refractivity contribution in [3.63, 3.8) is 0 Å². The fraction of sp³-hybridized carbons (Fsp3) is 0.393. The number of H-pyrrole nitrogens is 1. The summed E-state index contributed by atoms with van der Waals surface area (Å²) in [5, 5.41) is 1.93. The number of aromatic nitrogens is 1. The summed E-state index contributed by atoms with van der Waals surface area (Å²) in [5.41, 5.74) is 2.92. The Kier molecular flexibility index (Phi) is 8.20. The number of esters is 1. The van der Waals surface area contributed by atoms with Crippen molar-refractivity contribution in [2.45, 2.75) is 12.8 Å². The molecular weight excluding hydrogens is 600 g/mol. The zero-order valence-corrected chi connectivity index (χ0v) is 25.2. The van der Waals surface area contributed by atoms with Crippen molar-refractivity contribution in [1.82, 2.24) is 14.8 Å². The van der Waals surface area contributed by atoms with Gasteiger partial charge in [0.25, 0.3) is 5.91 Å². The van der Waals surface area contributed by atoms with Crippen LogP contribution in [0.2, 0.25) is 0 Å². The van der Waals surface area contributed by atoms with Crippen molar-refractivity contribution >= 4 is 67.9 Å². The van der Waals surface area contributed by atoms with Gasteiger partial charge in [0, 0.05) is 72.1 Å². The van der Waals surface area contributed by atoms with E-state index in [2.05, 4.69) is 25.8 Å². The fourth-order valence-corrected chi connectivity index (χ4v) is 6.48. The molecule has 0 saturated carbocycles. The molecule has 212 valence electrons. The van der Waals surface area contributed by atoms with Crippen LogP contribution < -0.4 is 14.4 Å². The number of methoxy groups -OCH3 is 2. The number of rotatable bonds is 6. The minimum atomic E-state index is -0.502. The SMILES string of the molecule is COC(=O)c1c(C)[nH]c2c(OC(=O)N3CCN(C)CC3)cc3c(c12)C(CBr)CN3C(=O)/C=C/c1ccc(OC)s1. The van der Waals surface area contributed by atoms with E-state index >= 15 is 0 Å². The van der Waals surface area contributed by atoms with E-state index in [0.717, 1.165) is 28.6 Å². The summed E-state index contributed by atoms with van der Waals surface area (Å²) in [6.07, 6.45) is 2.81. The van der Waals surface area contributed by atoms with Gasteiger partial charge in [-0.05, 0) is 37.7 Å². The van der Waals surface area contributed by atoms with Crippen LogP contribution in [0.3, 0.4) is 0 Å². The molecule has 1 N–H and O–H groups in total. The number of halogens is 1. The highest BCUT2D eigenvalue weighted by Crippen LogP contribution is 2.47. The minimum Gasteiger partial charge on any atom is -0.487 e. The van der Waals surface area contributed by atoms with E-state index in [9.17, 15) is 14.4 Å². The van der Waals surface area contributed by atoms with E-state index in [1.807, 2.05) is 19.2 Å². The van der Waals surface area contributed by atoms with E-state index in [0.29, 0.717) is 52.8 Å². The zero-order valence-electron chi connectivity index (χ0n) is 22.8. The largest absolute Gasteiger partial charge is 0.487 e. The third-order valence-corrected chi connectivity index (χ3v) is 9.14. The number of hydrogen-bond acceptors (Lipinski definition) is 8. The number of thiophene rings is 1. The first-order valence-corrected chi connectivity index (χ1v) is 14.8. The van der Waals surface area contributed by atoms with E-state index in [-0.39, 0.29) is 17.6 Å². The predicted molar refractivity (Wildman–Crippen MR) is 158 cm³/mol. The molecule has 2 aliphatic heterocycles. The summed E-state index contributed by atoms with van der Waals surface area (Å²) in [4.78, 5) is 49.3. The molecule has 12 heteroatoms. The lowest BCUT2D eigenvalue weighted by Gasteiger charge is -2.31. The van der Waals surface area contributed by atoms with Crippen LogP contribution in [0.1, 0.15) is 32.4 Å². The lowest BCUT2D eigenvalue weighted by atomic mass is 9.95. The monoisotopic (exact) mass is 630 g/mol. The van der Waals surface area contributed by atoms with Gasteiger partial charge in [-0.2, -0.15) is 0 Å². The number of alkyl halides is 1. The fourth-order valence-electron chi connectivity index (χ4n) is 5.22. The first kappa shape index (κ1) is 28.2. The highest BCUT2D eigenvalue weighted by molar-refractivity contribution is 9.09. The van der Waals surface area contributed by atoms with Gasteiger partial charge in [0.05, 0.1) is 31.0 Å². The molecule has 5 rings (SSSR count). The molecule has 10 nitrogen and oxygen atoms in total. The summed E-state index contributed by atoms with van der Waals surface area (Å²) in [7, 11) is 4.95. The summed E-state index contributed by atoms with van der Waals surface area (Å²) in [6, 6.07) is 5.46. The highest BCUT2D eigenvalue weighted by atomic mass is 79.9. The topological polar surface area (TPSA) is 104 Å². The van der Waals surface area contributed by atoms with Gasteiger partial charge in [-0.1, -0.05) is 27.3 Å². The smallest absolute Gasteiger partial charge is 0.415 e. The van der Waals surface area contributed by atoms with E-state index < -0.39 is 12.1 Å². The van der Waals surface area contributed by atoms with Crippen molar-refractivity contribution in [3.05, 3.63) is 46.0 Å². The summed E-state index contributed by atoms with van der Waals surface area (Å²) < 4.78 is 16.3. The van der Waals surface area contributed by atoms with Crippen LogP contribution in [0.5, 0.6) is 10.8 Å². The van der Waals surface area contributed by atoms with Crippen LogP contribution in [-0.2, 0) is 9.53 Å². The summed E-state index contributed by atoms with van der Waals surface area (Å²) in [6.45, 7) is 4.78. The Morgan fingerprint density at radius 2 is 1.93 bits per heavy atom. The van der Waals surface area contributed by atoms with Gasteiger partial charge >= 0.3 is 12.1 Å². The number of fused-ring (bicyclic) bond motifs is 3. The van der Waals surface area contributed by atoms with Gasteiger partial charge in [-0.15, -0.1) is 0 Å². The number of carbonyl (C=O) groups is 3. The zero-order chi connectivity index (χ0) is 28.6. The van der Waals surface area contributed by atoms with Crippen LogP contribution in [0.15, 0.2) is 24.3 Å². The Morgan fingerprint density at radius 3 is 2.58 bits per heavy atom. The number of nitrogens with zero attached hydrogens (tertiary/aromatic N) is 3. The molecule has 2 amide bonds. The first-order chi connectivity index (χ1) is 19.2. The normalized spacial score (nSPS) is 17.5. The Morgan fingerprint density at radius 1 is 1.18 bits per heavy atom. The van der Waals surface area contributed by atoms with Crippen LogP contribution in [0, 0.1) is 6.92 Å². The highest BCUT2D eigenvalue weighted by Gasteiger charge is 2.37. The van der Waals surface area contributed by atoms with Gasteiger partial charge in [-0.25, -0.2) is 9.59 Å². The van der Waals surface area contributed by atoms with Crippen molar-refractivity contribution in [3.8, 4) is 10.8 Å². The maximum Gasteiger partial charge on any atom is 0.415 e. The lowest BCUT2D eigenvalue weighted by molar-refractivity contribution is -0.114. The number of anilines is 1. The number of aryl methyl sites for hydroxylation is 1. The Bertz CT molecular complexity index is 1490. The number of likely N-dealkylation sites (N-methyl/N-ethyl adjacent to an activating group) is 1. The maximum absolute atomic E-state index is 13.5. The minimum absolute atomic E-state index is 0.0994. The molecule has 2 aliphatic rings. The second kappa shape index (κ2) is 11.6. The molecule has 1 saturated heterocycles. The number of aromatic amines is 1.